The van der Waals surface area contributed by atoms with Gasteiger partial charge in [0.2, 0.25) is 0 Å². The second-order valence-electron chi connectivity index (χ2n) is 5.22. The quantitative estimate of drug-likeness (QED) is 0.565. The lowest BCUT2D eigenvalue weighted by Crippen LogP contribution is -1.89. The highest BCUT2D eigenvalue weighted by atomic mass is 79.9. The van der Waals surface area contributed by atoms with E-state index >= 15 is 0 Å². The lowest BCUT2D eigenvalue weighted by molar-refractivity contribution is 0.632. The maximum atomic E-state index is 4.58. The highest BCUT2D eigenvalue weighted by molar-refractivity contribution is 9.10. The summed E-state index contributed by atoms with van der Waals surface area (Å²) in [6, 6.07) is 12.6. The van der Waals surface area contributed by atoms with Gasteiger partial charge in [0.15, 0.2) is 0 Å². The Bertz CT molecular complexity index is 502. The van der Waals surface area contributed by atoms with Crippen LogP contribution < -0.4 is 0 Å². The average Bonchev–Trinajstić information content (AvgIpc) is 2.49. The van der Waals surface area contributed by atoms with E-state index < -0.39 is 0 Å². The lowest BCUT2D eigenvalue weighted by Gasteiger charge is -2.04. The summed E-state index contributed by atoms with van der Waals surface area (Å²) in [7, 11) is 0. The normalized spacial score (nSPS) is 10.7. The molecule has 0 bridgehead atoms. The highest BCUT2D eigenvalue weighted by Gasteiger charge is 2.00. The number of halogens is 1. The number of aryl methyl sites for hydroxylation is 1. The van der Waals surface area contributed by atoms with Crippen molar-refractivity contribution in [1.29, 1.82) is 0 Å². The lowest BCUT2D eigenvalue weighted by atomic mass is 10.1. The van der Waals surface area contributed by atoms with Gasteiger partial charge in [0.1, 0.15) is 0 Å². The molecule has 0 saturated carbocycles. The highest BCUT2D eigenvalue weighted by Crippen LogP contribution is 2.20. The van der Waals surface area contributed by atoms with Crippen molar-refractivity contribution in [2.24, 2.45) is 0 Å². The van der Waals surface area contributed by atoms with Gasteiger partial charge < -0.3 is 0 Å². The van der Waals surface area contributed by atoms with Crippen LogP contribution in [0.3, 0.4) is 0 Å². The minimum absolute atomic E-state index is 1.05. The number of pyridine rings is 1. The zero-order chi connectivity index (χ0) is 14.2. The van der Waals surface area contributed by atoms with Crippen LogP contribution in [0, 0.1) is 0 Å². The van der Waals surface area contributed by atoms with Gasteiger partial charge in [-0.05, 0) is 36.6 Å². The van der Waals surface area contributed by atoms with Crippen LogP contribution in [-0.2, 0) is 6.42 Å². The fourth-order valence-electron chi connectivity index (χ4n) is 2.30. The molecule has 1 nitrogen and oxygen atoms in total. The van der Waals surface area contributed by atoms with Crippen LogP contribution in [0.25, 0.3) is 11.3 Å². The maximum Gasteiger partial charge on any atom is 0.0702 e. The fraction of sp³-hybridized carbons (Fsp3) is 0.389. The van der Waals surface area contributed by atoms with E-state index in [2.05, 4.69) is 64.2 Å². The molecular weight excluding hydrogens is 310 g/mol. The van der Waals surface area contributed by atoms with Crippen LogP contribution in [0.15, 0.2) is 47.1 Å². The summed E-state index contributed by atoms with van der Waals surface area (Å²) in [5.74, 6) is 0. The van der Waals surface area contributed by atoms with Gasteiger partial charge >= 0.3 is 0 Å². The van der Waals surface area contributed by atoms with Crippen molar-refractivity contribution in [2.75, 3.05) is 0 Å². The molecule has 0 N–H and O–H groups in total. The Labute approximate surface area is 130 Å². The summed E-state index contributed by atoms with van der Waals surface area (Å²) in [4.78, 5) is 4.58. The molecule has 0 fully saturated rings. The minimum atomic E-state index is 1.05. The van der Waals surface area contributed by atoms with Gasteiger partial charge in [0.25, 0.3) is 0 Å². The Morgan fingerprint density at radius 1 is 0.900 bits per heavy atom. The van der Waals surface area contributed by atoms with Crippen LogP contribution in [-0.4, -0.2) is 4.98 Å². The Morgan fingerprint density at radius 3 is 2.30 bits per heavy atom. The maximum absolute atomic E-state index is 4.58. The van der Waals surface area contributed by atoms with Crippen molar-refractivity contribution >= 4 is 15.9 Å². The number of benzene rings is 1. The molecular formula is C18H22BrN. The number of hydrogen-bond acceptors (Lipinski definition) is 1. The molecule has 0 aliphatic rings. The van der Waals surface area contributed by atoms with Gasteiger partial charge in [0, 0.05) is 16.2 Å². The average molecular weight is 332 g/mol. The van der Waals surface area contributed by atoms with Crippen molar-refractivity contribution in [1.82, 2.24) is 4.98 Å². The van der Waals surface area contributed by atoms with Crippen molar-refractivity contribution in [3.63, 3.8) is 0 Å². The molecule has 0 saturated heterocycles. The van der Waals surface area contributed by atoms with E-state index in [1.54, 1.807) is 0 Å². The summed E-state index contributed by atoms with van der Waals surface area (Å²) in [6.45, 7) is 2.25. The molecule has 0 atom stereocenters. The SMILES string of the molecule is CCCCCCCc1ccc(-c2ccc(Br)cc2)nc1. The standard InChI is InChI=1S/C18H22BrN/c1-2-3-4-5-6-7-15-8-13-18(20-14-15)16-9-11-17(19)12-10-16/h8-14H,2-7H2,1H3. The number of rotatable bonds is 7. The van der Waals surface area contributed by atoms with Gasteiger partial charge in [-0.2, -0.15) is 0 Å². The molecule has 106 valence electrons. The summed E-state index contributed by atoms with van der Waals surface area (Å²) in [6.07, 6.45) is 9.82. The van der Waals surface area contributed by atoms with Crippen LogP contribution in [0.2, 0.25) is 0 Å². The fourth-order valence-corrected chi connectivity index (χ4v) is 2.56. The first-order valence-electron chi connectivity index (χ1n) is 7.50. The number of aromatic nitrogens is 1. The second kappa shape index (κ2) is 8.21. The summed E-state index contributed by atoms with van der Waals surface area (Å²) >= 11 is 3.46. The second-order valence-corrected chi connectivity index (χ2v) is 6.14. The van der Waals surface area contributed by atoms with Crippen molar-refractivity contribution in [2.45, 2.75) is 45.4 Å². The molecule has 20 heavy (non-hydrogen) atoms. The van der Waals surface area contributed by atoms with Crippen LogP contribution in [0.4, 0.5) is 0 Å². The van der Waals surface area contributed by atoms with Gasteiger partial charge in [-0.15, -0.1) is 0 Å². The zero-order valence-electron chi connectivity index (χ0n) is 12.1. The van der Waals surface area contributed by atoms with Crippen molar-refractivity contribution in [3.8, 4) is 11.3 Å². The Kier molecular flexibility index (Phi) is 6.25. The number of nitrogens with zero attached hydrogens (tertiary/aromatic N) is 1. The number of hydrogen-bond donors (Lipinski definition) is 0. The Morgan fingerprint density at radius 2 is 1.65 bits per heavy atom. The Hall–Kier alpha value is -1.15. The Balaban J connectivity index is 1.88. The third-order valence-corrected chi connectivity index (χ3v) is 4.06. The van der Waals surface area contributed by atoms with Crippen molar-refractivity contribution < 1.29 is 0 Å². The van der Waals surface area contributed by atoms with E-state index in [0.717, 1.165) is 16.6 Å². The monoisotopic (exact) mass is 331 g/mol. The third-order valence-electron chi connectivity index (χ3n) is 3.53. The van der Waals surface area contributed by atoms with Crippen LogP contribution in [0.1, 0.15) is 44.6 Å². The van der Waals surface area contributed by atoms with Gasteiger partial charge in [-0.25, -0.2) is 0 Å². The smallest absolute Gasteiger partial charge is 0.0702 e. The van der Waals surface area contributed by atoms with E-state index in [1.807, 2.05) is 6.20 Å². The molecule has 0 aliphatic carbocycles. The minimum Gasteiger partial charge on any atom is -0.256 e. The first kappa shape index (κ1) is 15.2. The molecule has 0 amide bonds. The molecule has 0 spiro atoms. The molecule has 2 rings (SSSR count). The molecule has 0 aliphatic heterocycles. The molecule has 2 heteroatoms. The van der Waals surface area contributed by atoms with E-state index in [1.165, 1.54) is 43.2 Å². The molecule has 1 aromatic carbocycles. The number of unbranched alkanes of at least 4 members (excludes halogenated alkanes) is 4. The topological polar surface area (TPSA) is 12.9 Å². The third kappa shape index (κ3) is 4.75. The van der Waals surface area contributed by atoms with E-state index in [9.17, 15) is 0 Å². The first-order chi connectivity index (χ1) is 9.79. The van der Waals surface area contributed by atoms with Gasteiger partial charge in [-0.3, -0.25) is 4.98 Å². The van der Waals surface area contributed by atoms with E-state index in [-0.39, 0.29) is 0 Å². The van der Waals surface area contributed by atoms with Crippen LogP contribution in [0.5, 0.6) is 0 Å². The first-order valence-corrected chi connectivity index (χ1v) is 8.30. The zero-order valence-corrected chi connectivity index (χ0v) is 13.7. The molecule has 0 radical (unpaired) electrons. The van der Waals surface area contributed by atoms with Gasteiger partial charge in [-0.1, -0.05) is 66.7 Å². The summed E-state index contributed by atoms with van der Waals surface area (Å²) < 4.78 is 1.10. The van der Waals surface area contributed by atoms with Gasteiger partial charge in [0.05, 0.1) is 5.69 Å². The summed E-state index contributed by atoms with van der Waals surface area (Å²) in [5.41, 5.74) is 3.57. The van der Waals surface area contributed by atoms with Crippen LogP contribution >= 0.6 is 15.9 Å². The summed E-state index contributed by atoms with van der Waals surface area (Å²) in [5, 5.41) is 0. The van der Waals surface area contributed by atoms with E-state index in [0.29, 0.717) is 0 Å². The molecule has 1 aromatic heterocycles. The largest absolute Gasteiger partial charge is 0.256 e. The molecule has 2 aromatic rings. The van der Waals surface area contributed by atoms with Crippen molar-refractivity contribution in [3.05, 3.63) is 52.6 Å². The molecule has 1 heterocycles. The van der Waals surface area contributed by atoms with E-state index in [4.69, 9.17) is 0 Å². The predicted octanol–water partition coefficient (Wildman–Crippen LogP) is 6.02. The predicted molar refractivity (Wildman–Crippen MR) is 89.8 cm³/mol. The molecule has 0 unspecified atom stereocenters.